The molecule has 0 aromatic rings. The summed E-state index contributed by atoms with van der Waals surface area (Å²) in [5, 5.41) is 3.42. The lowest BCUT2D eigenvalue weighted by molar-refractivity contribution is 0.146. The fourth-order valence-corrected chi connectivity index (χ4v) is 2.39. The van der Waals surface area contributed by atoms with Gasteiger partial charge in [0.25, 0.3) is 0 Å². The van der Waals surface area contributed by atoms with E-state index in [-0.39, 0.29) is 0 Å². The molecule has 1 aliphatic rings. The third-order valence-corrected chi connectivity index (χ3v) is 3.63. The summed E-state index contributed by atoms with van der Waals surface area (Å²) in [6.45, 7) is 8.84. The second-order valence-corrected chi connectivity index (χ2v) is 5.50. The van der Waals surface area contributed by atoms with Crippen molar-refractivity contribution >= 4 is 5.96 Å². The maximum Gasteiger partial charge on any atom is 0.205 e. The summed E-state index contributed by atoms with van der Waals surface area (Å²) in [7, 11) is 0. The van der Waals surface area contributed by atoms with Crippen molar-refractivity contribution in [2.75, 3.05) is 19.8 Å². The quantitative estimate of drug-likeness (QED) is 0.221. The average molecular weight is 256 g/mol. The molecule has 5 heteroatoms. The molecule has 1 fully saturated rings. The number of nitrogens with one attached hydrogen (secondary N) is 2. The van der Waals surface area contributed by atoms with Crippen LogP contribution in [0, 0.1) is 5.41 Å². The third kappa shape index (κ3) is 4.82. The summed E-state index contributed by atoms with van der Waals surface area (Å²) in [4.78, 5) is 4.43. The first kappa shape index (κ1) is 15.2. The van der Waals surface area contributed by atoms with E-state index in [1.807, 2.05) is 6.92 Å². The molecule has 4 N–H and O–H groups in total. The minimum atomic E-state index is 0.322. The highest BCUT2D eigenvalue weighted by atomic mass is 16.5. The van der Waals surface area contributed by atoms with E-state index in [4.69, 9.17) is 10.6 Å². The summed E-state index contributed by atoms with van der Waals surface area (Å²) in [5.74, 6) is 6.21. The van der Waals surface area contributed by atoms with Gasteiger partial charge in [0.15, 0.2) is 0 Å². The van der Waals surface area contributed by atoms with E-state index in [1.54, 1.807) is 0 Å². The molecule has 0 aliphatic heterocycles. The molecule has 1 rings (SSSR count). The van der Waals surface area contributed by atoms with Crippen LogP contribution in [0.3, 0.4) is 0 Å². The molecule has 0 amide bonds. The average Bonchev–Trinajstić information content (AvgIpc) is 2.66. The number of hydrazine groups is 1. The van der Waals surface area contributed by atoms with Gasteiger partial charge in [0.05, 0.1) is 0 Å². The number of nitrogens with zero attached hydrogens (tertiary/aromatic N) is 1. The standard InChI is InChI=1S/C13H28N4O/c1-4-18-10-6-9-15-12(17-14)16-11-7-5-8-13(11,2)3/h11H,4-10,14H2,1-3H3,(H2,15,16,17). The normalized spacial score (nSPS) is 23.1. The summed E-state index contributed by atoms with van der Waals surface area (Å²) in [6.07, 6.45) is 4.64. The largest absolute Gasteiger partial charge is 0.382 e. The summed E-state index contributed by atoms with van der Waals surface area (Å²) in [6, 6.07) is 0.458. The van der Waals surface area contributed by atoms with Crippen molar-refractivity contribution in [2.24, 2.45) is 16.3 Å². The maximum atomic E-state index is 5.51. The molecule has 18 heavy (non-hydrogen) atoms. The molecule has 1 atom stereocenters. The fraction of sp³-hybridized carbons (Fsp3) is 0.923. The molecule has 0 radical (unpaired) electrons. The highest BCUT2D eigenvalue weighted by molar-refractivity contribution is 5.79. The zero-order chi connectivity index (χ0) is 13.4. The maximum absolute atomic E-state index is 5.51. The minimum Gasteiger partial charge on any atom is -0.382 e. The van der Waals surface area contributed by atoms with Crippen LogP contribution in [-0.4, -0.2) is 31.8 Å². The lowest BCUT2D eigenvalue weighted by Crippen LogP contribution is -2.49. The number of hydrogen-bond donors (Lipinski definition) is 3. The first-order valence-electron chi connectivity index (χ1n) is 6.95. The summed E-state index contributed by atoms with van der Waals surface area (Å²) >= 11 is 0. The van der Waals surface area contributed by atoms with E-state index in [0.717, 1.165) is 26.2 Å². The first-order valence-corrected chi connectivity index (χ1v) is 6.95. The van der Waals surface area contributed by atoms with E-state index < -0.39 is 0 Å². The number of guanidine groups is 1. The molecule has 1 unspecified atom stereocenters. The molecule has 0 saturated heterocycles. The smallest absolute Gasteiger partial charge is 0.205 e. The van der Waals surface area contributed by atoms with Gasteiger partial charge in [-0.15, -0.1) is 0 Å². The molecular weight excluding hydrogens is 228 g/mol. The molecule has 0 aromatic carbocycles. The monoisotopic (exact) mass is 256 g/mol. The van der Waals surface area contributed by atoms with Gasteiger partial charge in [0.1, 0.15) is 0 Å². The van der Waals surface area contributed by atoms with Crippen molar-refractivity contribution in [1.29, 1.82) is 0 Å². The van der Waals surface area contributed by atoms with Crippen LogP contribution in [0.4, 0.5) is 0 Å². The minimum absolute atomic E-state index is 0.322. The Morgan fingerprint density at radius 3 is 2.83 bits per heavy atom. The zero-order valence-corrected chi connectivity index (χ0v) is 12.0. The number of hydrogen-bond acceptors (Lipinski definition) is 3. The third-order valence-electron chi connectivity index (χ3n) is 3.63. The predicted octanol–water partition coefficient (Wildman–Crippen LogP) is 1.40. The van der Waals surface area contributed by atoms with Crippen molar-refractivity contribution in [2.45, 2.75) is 52.5 Å². The van der Waals surface area contributed by atoms with Crippen LogP contribution in [0.2, 0.25) is 0 Å². The van der Waals surface area contributed by atoms with Gasteiger partial charge in [-0.05, 0) is 31.6 Å². The Bertz CT molecular complexity index is 266. The molecule has 0 heterocycles. The number of rotatable bonds is 6. The van der Waals surface area contributed by atoms with Crippen molar-refractivity contribution in [3.63, 3.8) is 0 Å². The van der Waals surface area contributed by atoms with Gasteiger partial charge >= 0.3 is 0 Å². The van der Waals surface area contributed by atoms with Crippen molar-refractivity contribution in [3.05, 3.63) is 0 Å². The van der Waals surface area contributed by atoms with Gasteiger partial charge in [0, 0.05) is 25.8 Å². The first-order chi connectivity index (χ1) is 8.60. The van der Waals surface area contributed by atoms with Crippen LogP contribution < -0.4 is 16.6 Å². The molecule has 5 nitrogen and oxygen atoms in total. The van der Waals surface area contributed by atoms with E-state index in [2.05, 4.69) is 29.6 Å². The van der Waals surface area contributed by atoms with E-state index >= 15 is 0 Å². The lowest BCUT2D eigenvalue weighted by atomic mass is 9.87. The fourth-order valence-electron chi connectivity index (χ4n) is 2.39. The van der Waals surface area contributed by atoms with E-state index in [9.17, 15) is 0 Å². The van der Waals surface area contributed by atoms with Crippen LogP contribution in [-0.2, 0) is 4.74 Å². The molecule has 0 spiro atoms. The van der Waals surface area contributed by atoms with Gasteiger partial charge in [0.2, 0.25) is 5.96 Å². The van der Waals surface area contributed by atoms with Crippen molar-refractivity contribution in [1.82, 2.24) is 10.7 Å². The molecule has 0 aromatic heterocycles. The van der Waals surface area contributed by atoms with Gasteiger partial charge in [-0.25, -0.2) is 5.84 Å². The second-order valence-electron chi connectivity index (χ2n) is 5.50. The predicted molar refractivity (Wildman–Crippen MR) is 75.3 cm³/mol. The van der Waals surface area contributed by atoms with Crippen LogP contribution in [0.5, 0.6) is 0 Å². The summed E-state index contributed by atoms with van der Waals surface area (Å²) in [5.41, 5.74) is 2.98. The number of ether oxygens (including phenoxy) is 1. The van der Waals surface area contributed by atoms with Gasteiger partial charge in [-0.3, -0.25) is 10.4 Å². The highest BCUT2D eigenvalue weighted by Gasteiger charge is 2.34. The number of aliphatic imine (C=N–C) groups is 1. The molecule has 0 bridgehead atoms. The van der Waals surface area contributed by atoms with Crippen molar-refractivity contribution in [3.8, 4) is 0 Å². The van der Waals surface area contributed by atoms with Crippen LogP contribution >= 0.6 is 0 Å². The zero-order valence-electron chi connectivity index (χ0n) is 12.0. The Balaban J connectivity index is 2.34. The lowest BCUT2D eigenvalue weighted by Gasteiger charge is -2.28. The van der Waals surface area contributed by atoms with Gasteiger partial charge < -0.3 is 10.1 Å². The van der Waals surface area contributed by atoms with Crippen LogP contribution in [0.25, 0.3) is 0 Å². The Morgan fingerprint density at radius 2 is 2.28 bits per heavy atom. The second kappa shape index (κ2) is 7.59. The Hall–Kier alpha value is -0.810. The van der Waals surface area contributed by atoms with E-state index in [1.165, 1.54) is 19.3 Å². The SMILES string of the molecule is CCOCCCN=C(NN)NC1CCCC1(C)C. The highest BCUT2D eigenvalue weighted by Crippen LogP contribution is 2.36. The topological polar surface area (TPSA) is 71.7 Å². The molecular formula is C13H28N4O. The van der Waals surface area contributed by atoms with Crippen LogP contribution in [0.15, 0.2) is 4.99 Å². The van der Waals surface area contributed by atoms with Crippen molar-refractivity contribution < 1.29 is 4.74 Å². The molecule has 106 valence electrons. The number of nitrogens with two attached hydrogens (primary N) is 1. The summed E-state index contributed by atoms with van der Waals surface area (Å²) < 4.78 is 5.27. The molecule has 1 aliphatic carbocycles. The van der Waals surface area contributed by atoms with E-state index in [0.29, 0.717) is 17.4 Å². The Kier molecular flexibility index (Phi) is 6.43. The Labute approximate surface area is 111 Å². The van der Waals surface area contributed by atoms with Gasteiger partial charge in [-0.1, -0.05) is 20.3 Å². The Morgan fingerprint density at radius 1 is 1.50 bits per heavy atom. The van der Waals surface area contributed by atoms with Crippen LogP contribution in [0.1, 0.15) is 46.5 Å². The molecule has 1 saturated carbocycles. The van der Waals surface area contributed by atoms with Gasteiger partial charge in [-0.2, -0.15) is 0 Å².